The van der Waals surface area contributed by atoms with Gasteiger partial charge in [-0.15, -0.1) is 0 Å². The van der Waals surface area contributed by atoms with Gasteiger partial charge in [-0.05, 0) is 75.5 Å². The van der Waals surface area contributed by atoms with Crippen molar-refractivity contribution in [2.75, 3.05) is 24.6 Å². The monoisotopic (exact) mass is 508 g/mol. The van der Waals surface area contributed by atoms with Crippen molar-refractivity contribution in [1.29, 1.82) is 0 Å². The molecule has 5 atom stereocenters. The van der Waals surface area contributed by atoms with Gasteiger partial charge >= 0.3 is 6.18 Å². The van der Waals surface area contributed by atoms with Gasteiger partial charge < -0.3 is 0 Å². The largest absolute Gasteiger partial charge is 0.417 e. The summed E-state index contributed by atoms with van der Waals surface area (Å²) in [4.78, 5) is 6.34. The topological polar surface area (TPSA) is 68.1 Å². The number of pyridine rings is 1. The van der Waals surface area contributed by atoms with Gasteiger partial charge in [-0.1, -0.05) is 0 Å². The third-order valence-electron chi connectivity index (χ3n) is 8.83. The van der Waals surface area contributed by atoms with Crippen LogP contribution in [0.3, 0.4) is 0 Å². The summed E-state index contributed by atoms with van der Waals surface area (Å²) in [5, 5.41) is 4.69. The number of aromatic nitrogens is 3. The lowest BCUT2D eigenvalue weighted by molar-refractivity contribution is -0.137. The lowest BCUT2D eigenvalue weighted by Crippen LogP contribution is -2.35. The van der Waals surface area contributed by atoms with E-state index in [1.165, 1.54) is 6.20 Å². The molecule has 4 aliphatic rings. The van der Waals surface area contributed by atoms with Gasteiger partial charge in [0.1, 0.15) is 0 Å². The molecule has 0 bridgehead atoms. The van der Waals surface area contributed by atoms with Crippen molar-refractivity contribution in [3.63, 3.8) is 0 Å². The van der Waals surface area contributed by atoms with Gasteiger partial charge in [0.25, 0.3) is 0 Å². The first kappa shape index (κ1) is 23.5. The fourth-order valence-electron chi connectivity index (χ4n) is 7.08. The van der Waals surface area contributed by atoms with E-state index in [0.29, 0.717) is 46.6 Å². The van der Waals surface area contributed by atoms with Crippen molar-refractivity contribution in [3.8, 4) is 11.3 Å². The summed E-state index contributed by atoms with van der Waals surface area (Å²) in [6.45, 7) is 5.98. The van der Waals surface area contributed by atoms with E-state index in [-0.39, 0.29) is 11.5 Å². The minimum atomic E-state index is -4.44. The number of halogens is 3. The maximum absolute atomic E-state index is 13.2. The highest BCUT2D eigenvalue weighted by Crippen LogP contribution is 2.64. The highest BCUT2D eigenvalue weighted by molar-refractivity contribution is 7.91. The third-order valence-corrected chi connectivity index (χ3v) is 10.7. The fourth-order valence-corrected chi connectivity index (χ4v) is 9.28. The Kier molecular flexibility index (Phi) is 5.21. The fraction of sp³-hybridized carbons (Fsp3) is 0.680. The molecule has 2 aromatic heterocycles. The number of hydrogen-bond acceptors (Lipinski definition) is 5. The molecule has 4 heterocycles. The van der Waals surface area contributed by atoms with Gasteiger partial charge in [0.2, 0.25) is 0 Å². The molecule has 35 heavy (non-hydrogen) atoms. The van der Waals surface area contributed by atoms with Gasteiger partial charge in [-0.3, -0.25) is 14.6 Å². The van der Waals surface area contributed by atoms with Crippen LogP contribution in [-0.2, 0) is 16.0 Å². The number of rotatable bonds is 4. The van der Waals surface area contributed by atoms with Crippen LogP contribution in [0.2, 0.25) is 0 Å². The van der Waals surface area contributed by atoms with Gasteiger partial charge in [0, 0.05) is 48.2 Å². The van der Waals surface area contributed by atoms with Crippen molar-refractivity contribution in [2.24, 2.45) is 17.3 Å². The third kappa shape index (κ3) is 4.10. The molecule has 2 aliphatic carbocycles. The van der Waals surface area contributed by atoms with Crippen molar-refractivity contribution in [1.82, 2.24) is 19.7 Å². The van der Waals surface area contributed by atoms with Crippen LogP contribution in [0.1, 0.15) is 62.7 Å². The lowest BCUT2D eigenvalue weighted by Gasteiger charge is -2.28. The molecule has 0 radical (unpaired) electrons. The number of alkyl halides is 3. The number of hydrogen-bond donors (Lipinski definition) is 0. The van der Waals surface area contributed by atoms with E-state index in [4.69, 9.17) is 5.10 Å². The molecule has 2 aromatic rings. The predicted octanol–water partition coefficient (Wildman–Crippen LogP) is 4.55. The molecule has 6 nitrogen and oxygen atoms in total. The molecule has 0 N–H and O–H groups in total. The van der Waals surface area contributed by atoms with Crippen LogP contribution in [0.15, 0.2) is 24.5 Å². The van der Waals surface area contributed by atoms with Crippen LogP contribution in [-0.4, -0.2) is 58.7 Å². The molecule has 10 heteroatoms. The first-order valence-corrected chi connectivity index (χ1v) is 14.3. The molecule has 0 amide bonds. The van der Waals surface area contributed by atoms with E-state index >= 15 is 0 Å². The Morgan fingerprint density at radius 1 is 1.11 bits per heavy atom. The molecule has 190 valence electrons. The first-order valence-electron chi connectivity index (χ1n) is 12.5. The number of nitrogens with zero attached hydrogens (tertiary/aromatic N) is 4. The van der Waals surface area contributed by atoms with Gasteiger partial charge in [-0.25, -0.2) is 8.42 Å². The van der Waals surface area contributed by atoms with Crippen LogP contribution in [0, 0.1) is 17.3 Å². The maximum Gasteiger partial charge on any atom is 0.417 e. The van der Waals surface area contributed by atoms with E-state index in [9.17, 15) is 21.6 Å². The SMILES string of the molecule is CC(C)n1nc(-c2cncc(C(F)(F)F)c2)cc1[C@H]1[C@@H]2CC(N3CC[C@@]4(CCS(=O)(=O)C4)C3)C[C@@H]21. The Balaban J connectivity index is 1.17. The number of likely N-dealkylation sites (tertiary alicyclic amines) is 1. The summed E-state index contributed by atoms with van der Waals surface area (Å²) in [6.07, 6.45) is 1.83. The second kappa shape index (κ2) is 7.78. The Labute approximate surface area is 203 Å². The van der Waals surface area contributed by atoms with Crippen LogP contribution >= 0.6 is 0 Å². The van der Waals surface area contributed by atoms with Crippen molar-refractivity contribution < 1.29 is 21.6 Å². The smallest absolute Gasteiger partial charge is 0.300 e. The van der Waals surface area contributed by atoms with Crippen LogP contribution in [0.25, 0.3) is 11.3 Å². The normalized spacial score (nSPS) is 34.2. The van der Waals surface area contributed by atoms with Crippen molar-refractivity contribution in [3.05, 3.63) is 35.8 Å². The Bertz CT molecular complexity index is 1250. The summed E-state index contributed by atoms with van der Waals surface area (Å²) >= 11 is 0. The van der Waals surface area contributed by atoms with Crippen LogP contribution < -0.4 is 0 Å². The molecule has 2 saturated carbocycles. The molecular weight excluding hydrogens is 477 g/mol. The maximum atomic E-state index is 13.2. The minimum Gasteiger partial charge on any atom is -0.300 e. The average Bonchev–Trinajstić information content (AvgIpc) is 3.30. The molecular formula is C25H31F3N4O2S. The lowest BCUT2D eigenvalue weighted by atomic mass is 9.87. The van der Waals surface area contributed by atoms with Gasteiger partial charge in [0.15, 0.2) is 9.84 Å². The molecule has 6 rings (SSSR count). The van der Waals surface area contributed by atoms with Crippen molar-refractivity contribution in [2.45, 2.75) is 63.7 Å². The first-order chi connectivity index (χ1) is 16.4. The van der Waals surface area contributed by atoms with Gasteiger partial charge in [0.05, 0.1) is 22.8 Å². The molecule has 2 saturated heterocycles. The summed E-state index contributed by atoms with van der Waals surface area (Å²) in [6, 6.07) is 3.70. The zero-order chi connectivity index (χ0) is 24.8. The van der Waals surface area contributed by atoms with E-state index in [1.54, 1.807) is 0 Å². The molecule has 0 aromatic carbocycles. The number of sulfone groups is 1. The molecule has 2 aliphatic heterocycles. The second-order valence-electron chi connectivity index (χ2n) is 11.5. The molecule has 1 spiro atoms. The Morgan fingerprint density at radius 2 is 1.86 bits per heavy atom. The molecule has 1 unspecified atom stereocenters. The molecule has 4 fully saturated rings. The Hall–Kier alpha value is -1.94. The second-order valence-corrected chi connectivity index (χ2v) is 13.7. The quantitative estimate of drug-likeness (QED) is 0.606. The van der Waals surface area contributed by atoms with E-state index in [1.807, 2.05) is 24.6 Å². The summed E-state index contributed by atoms with van der Waals surface area (Å²) in [5.74, 6) is 2.19. The predicted molar refractivity (Wildman–Crippen MR) is 125 cm³/mol. The standard InChI is InChI=1S/C25H31F3N4O2S/c1-15(2)32-22(10-21(30-32)16-7-17(12-29-11-16)25(26,27)28)23-19-8-18(9-20(19)23)31-5-3-24(13-31)4-6-35(33,34)14-24/h7,10-12,15,18-20,23H,3-6,8-9,13-14H2,1-2H3/t18?,19-,20+,23+,24-/m1/s1. The van der Waals surface area contributed by atoms with Crippen LogP contribution in [0.4, 0.5) is 13.2 Å². The highest BCUT2D eigenvalue weighted by atomic mass is 32.2. The summed E-state index contributed by atoms with van der Waals surface area (Å²) < 4.78 is 65.6. The summed E-state index contributed by atoms with van der Waals surface area (Å²) in [7, 11) is -2.88. The average molecular weight is 509 g/mol. The van der Waals surface area contributed by atoms with E-state index in [0.717, 1.165) is 56.7 Å². The summed E-state index contributed by atoms with van der Waals surface area (Å²) in [5.41, 5.74) is 1.24. The van der Waals surface area contributed by atoms with E-state index in [2.05, 4.69) is 9.88 Å². The Morgan fingerprint density at radius 3 is 2.49 bits per heavy atom. The van der Waals surface area contributed by atoms with Crippen molar-refractivity contribution >= 4 is 9.84 Å². The van der Waals surface area contributed by atoms with Gasteiger partial charge in [-0.2, -0.15) is 18.3 Å². The highest BCUT2D eigenvalue weighted by Gasteiger charge is 2.60. The minimum absolute atomic E-state index is 0.0326. The zero-order valence-electron chi connectivity index (χ0n) is 20.0. The zero-order valence-corrected chi connectivity index (χ0v) is 20.8. The number of fused-ring (bicyclic) bond motifs is 1. The van der Waals surface area contributed by atoms with Crippen LogP contribution in [0.5, 0.6) is 0 Å². The van der Waals surface area contributed by atoms with E-state index < -0.39 is 21.6 Å².